The number of pyridine rings is 1. The minimum Gasteiger partial charge on any atom is -0.478 e. The summed E-state index contributed by atoms with van der Waals surface area (Å²) in [4.78, 5) is 67.3. The normalized spacial score (nSPS) is 16.8. The van der Waals surface area contributed by atoms with Crippen molar-refractivity contribution in [1.82, 2.24) is 25.5 Å². The molecule has 4 heterocycles. The first-order valence-electron chi connectivity index (χ1n) is 20.1. The van der Waals surface area contributed by atoms with Gasteiger partial charge in [-0.3, -0.25) is 24.1 Å². The highest BCUT2D eigenvalue weighted by molar-refractivity contribution is 7.81. The number of alkyl halides is 3. The number of thiocarbonyl (C=S) groups is 1. The molecule has 2 N–H and O–H groups in total. The Morgan fingerprint density at radius 2 is 1.79 bits per heavy atom. The van der Waals surface area contributed by atoms with Crippen molar-refractivity contribution >= 4 is 63.7 Å². The largest absolute Gasteiger partial charge is 0.478 e. The van der Waals surface area contributed by atoms with E-state index in [1.165, 1.54) is 43.1 Å². The summed E-state index contributed by atoms with van der Waals surface area (Å²) in [6, 6.07) is 12.3. The Balaban J connectivity index is 1.01. The van der Waals surface area contributed by atoms with Crippen molar-refractivity contribution in [2.24, 2.45) is 5.41 Å². The molecule has 13 nitrogen and oxygen atoms in total. The van der Waals surface area contributed by atoms with Gasteiger partial charge in [0.05, 0.1) is 51.9 Å². The Bertz CT molecular complexity index is 2450. The minimum absolute atomic E-state index is 0.0132. The quantitative estimate of drug-likeness (QED) is 0.0784. The van der Waals surface area contributed by atoms with Crippen LogP contribution in [0.15, 0.2) is 60.2 Å². The van der Waals surface area contributed by atoms with Gasteiger partial charge >= 0.3 is 6.18 Å². The molecule has 0 saturated carbocycles. The van der Waals surface area contributed by atoms with Gasteiger partial charge in [-0.1, -0.05) is 45.0 Å². The maximum Gasteiger partial charge on any atom is 0.420 e. The van der Waals surface area contributed by atoms with Crippen LogP contribution in [0.25, 0.3) is 10.4 Å². The SMILES string of the molecule is Cc1ncsc1-c1ccc(CNC(=O)[C@@H]2CCCN2C(=O)[C@@H](NC(=O)CCCOc2ccc(N3C(=S)N(c4ccc(C#N)c(C(F)(F)F)c4F)C(=O)C3(C)C)cn2)C(C)(C)C)cc1. The summed E-state index contributed by atoms with van der Waals surface area (Å²) in [5.41, 5.74) is -0.641. The molecule has 0 aliphatic carbocycles. The van der Waals surface area contributed by atoms with E-state index in [-0.39, 0.29) is 53.8 Å². The minimum atomic E-state index is -5.21. The van der Waals surface area contributed by atoms with Gasteiger partial charge in [-0.25, -0.2) is 14.4 Å². The number of amides is 4. The van der Waals surface area contributed by atoms with Crippen LogP contribution in [-0.2, 0) is 31.9 Å². The molecule has 19 heteroatoms. The number of halogens is 4. The molecule has 2 fully saturated rings. The average Bonchev–Trinajstić information content (AvgIpc) is 3.94. The topological polar surface area (TPSA) is 161 Å². The number of rotatable bonds is 13. The summed E-state index contributed by atoms with van der Waals surface area (Å²) < 4.78 is 62.4. The van der Waals surface area contributed by atoms with Crippen molar-refractivity contribution in [2.75, 3.05) is 23.0 Å². The first-order chi connectivity index (χ1) is 29.6. The van der Waals surface area contributed by atoms with Crippen LogP contribution < -0.4 is 25.2 Å². The van der Waals surface area contributed by atoms with E-state index in [1.807, 2.05) is 52.0 Å². The van der Waals surface area contributed by atoms with Gasteiger partial charge in [-0.2, -0.15) is 18.4 Å². The predicted octanol–water partition coefficient (Wildman–Crippen LogP) is 7.46. The molecule has 2 aromatic heterocycles. The van der Waals surface area contributed by atoms with E-state index < -0.39 is 57.8 Å². The van der Waals surface area contributed by atoms with E-state index in [0.29, 0.717) is 30.8 Å². The zero-order valence-electron chi connectivity index (χ0n) is 35.4. The van der Waals surface area contributed by atoms with Gasteiger partial charge in [0, 0.05) is 25.6 Å². The monoisotopic (exact) mass is 906 g/mol. The number of nitrogens with one attached hydrogen (secondary N) is 2. The van der Waals surface area contributed by atoms with Gasteiger partial charge in [-0.05, 0) is 87.0 Å². The van der Waals surface area contributed by atoms with E-state index >= 15 is 4.39 Å². The molecule has 4 amide bonds. The van der Waals surface area contributed by atoms with E-state index in [9.17, 15) is 32.3 Å². The number of likely N-dealkylation sites (tertiary alicyclic amines) is 1. The molecule has 0 radical (unpaired) electrons. The van der Waals surface area contributed by atoms with Crippen LogP contribution in [0.2, 0.25) is 0 Å². The van der Waals surface area contributed by atoms with Crippen LogP contribution in [0.4, 0.5) is 28.9 Å². The van der Waals surface area contributed by atoms with Gasteiger partial charge in [0.15, 0.2) is 10.9 Å². The number of hydrogen-bond acceptors (Lipinski definition) is 10. The van der Waals surface area contributed by atoms with Crippen LogP contribution in [0.1, 0.15) is 82.7 Å². The summed E-state index contributed by atoms with van der Waals surface area (Å²) in [7, 11) is 0. The highest BCUT2D eigenvalue weighted by Gasteiger charge is 2.52. The van der Waals surface area contributed by atoms with Crippen LogP contribution in [-0.4, -0.2) is 74.4 Å². The molecular formula is C44H46F4N8O5S2. The second kappa shape index (κ2) is 18.4. The molecule has 332 valence electrons. The number of thiazole rings is 1. The number of nitriles is 1. The third-order valence-electron chi connectivity index (χ3n) is 10.9. The maximum atomic E-state index is 15.4. The second-order valence-electron chi connectivity index (χ2n) is 16.8. The molecule has 0 unspecified atom stereocenters. The summed E-state index contributed by atoms with van der Waals surface area (Å²) in [6.45, 7) is 11.2. The first kappa shape index (κ1) is 46.5. The lowest BCUT2D eigenvalue weighted by molar-refractivity contribution is -0.144. The molecule has 2 aliphatic rings. The van der Waals surface area contributed by atoms with Crippen LogP contribution in [0.5, 0.6) is 5.88 Å². The molecule has 4 aromatic rings. The fourth-order valence-corrected chi connectivity index (χ4v) is 8.89. The molecule has 2 aliphatic heterocycles. The summed E-state index contributed by atoms with van der Waals surface area (Å²) in [5.74, 6) is -3.43. The van der Waals surface area contributed by atoms with Crippen molar-refractivity contribution in [3.8, 4) is 22.4 Å². The number of aromatic nitrogens is 2. The third kappa shape index (κ3) is 9.81. The summed E-state index contributed by atoms with van der Waals surface area (Å²) >= 11 is 7.06. The predicted molar refractivity (Wildman–Crippen MR) is 232 cm³/mol. The van der Waals surface area contributed by atoms with Crippen molar-refractivity contribution in [1.29, 1.82) is 5.26 Å². The molecule has 6 rings (SSSR count). The average molecular weight is 907 g/mol. The van der Waals surface area contributed by atoms with Crippen LogP contribution in [0.3, 0.4) is 0 Å². The van der Waals surface area contributed by atoms with Gasteiger partial charge in [0.25, 0.3) is 5.91 Å². The molecular weight excluding hydrogens is 861 g/mol. The number of anilines is 2. The van der Waals surface area contributed by atoms with Crippen molar-refractivity contribution in [3.05, 3.63) is 88.4 Å². The highest BCUT2D eigenvalue weighted by atomic mass is 32.1. The molecule has 0 spiro atoms. The molecule has 63 heavy (non-hydrogen) atoms. The smallest absolute Gasteiger partial charge is 0.420 e. The van der Waals surface area contributed by atoms with E-state index in [2.05, 4.69) is 20.6 Å². The Morgan fingerprint density at radius 1 is 1.08 bits per heavy atom. The lowest BCUT2D eigenvalue weighted by Crippen LogP contribution is -2.57. The number of aryl methyl sites for hydroxylation is 1. The number of benzene rings is 2. The Labute approximate surface area is 371 Å². The fourth-order valence-electron chi connectivity index (χ4n) is 7.56. The van der Waals surface area contributed by atoms with E-state index in [1.54, 1.807) is 21.7 Å². The standard InChI is InChI=1S/C44H46F4N8O5S2/c1-25-36(63-24-52-25)27-13-11-26(12-14-27)22-51-38(58)31-9-7-19-54(31)39(59)37(42(2,3)4)53-32(57)10-8-20-61-33-18-16-29(23-50-33)56-41(62)55(40(60)43(56,5)6)30-17-15-28(21-49)34(35(30)45)44(46,47)48/h11-18,23-24,31,37H,7-10,19-20,22H2,1-6H3,(H,51,58)(H,53,57)/t31-,37+/m0/s1. The van der Waals surface area contributed by atoms with Gasteiger partial charge in [0.2, 0.25) is 23.6 Å². The van der Waals surface area contributed by atoms with Crippen LogP contribution in [0, 0.1) is 29.5 Å². The van der Waals surface area contributed by atoms with Crippen molar-refractivity contribution in [2.45, 2.75) is 97.6 Å². The maximum absolute atomic E-state index is 15.4. The summed E-state index contributed by atoms with van der Waals surface area (Å²) in [5, 5.41) is 14.7. The molecule has 2 atom stereocenters. The molecule has 2 aromatic carbocycles. The third-order valence-corrected chi connectivity index (χ3v) is 12.2. The number of nitrogens with zero attached hydrogens (tertiary/aromatic N) is 6. The van der Waals surface area contributed by atoms with Crippen LogP contribution >= 0.6 is 23.6 Å². The molecule has 0 bridgehead atoms. The first-order valence-corrected chi connectivity index (χ1v) is 21.4. The Kier molecular flexibility index (Phi) is 13.6. The highest BCUT2D eigenvalue weighted by Crippen LogP contribution is 2.42. The lowest BCUT2D eigenvalue weighted by Gasteiger charge is -2.35. The lowest BCUT2D eigenvalue weighted by atomic mass is 9.85. The zero-order valence-corrected chi connectivity index (χ0v) is 37.1. The Hall–Kier alpha value is -6.00. The number of ether oxygens (including phenoxy) is 1. The number of carbonyl (C=O) groups excluding carboxylic acids is 4. The van der Waals surface area contributed by atoms with Gasteiger partial charge in [-0.15, -0.1) is 11.3 Å². The van der Waals surface area contributed by atoms with E-state index in [0.717, 1.165) is 33.8 Å². The number of hydrogen-bond donors (Lipinski definition) is 2. The molecule has 2 saturated heterocycles. The van der Waals surface area contributed by atoms with Crippen molar-refractivity contribution < 1.29 is 41.5 Å². The number of carbonyl (C=O) groups is 4. The second-order valence-corrected chi connectivity index (χ2v) is 18.0. The Morgan fingerprint density at radius 3 is 2.40 bits per heavy atom. The van der Waals surface area contributed by atoms with Gasteiger partial charge < -0.3 is 25.2 Å². The zero-order chi connectivity index (χ0) is 46.0. The van der Waals surface area contributed by atoms with Gasteiger partial charge in [0.1, 0.15) is 23.2 Å². The van der Waals surface area contributed by atoms with Crippen molar-refractivity contribution in [3.63, 3.8) is 0 Å². The van der Waals surface area contributed by atoms with E-state index in [4.69, 9.17) is 22.2 Å². The fraction of sp³-hybridized carbons (Fsp3) is 0.409. The summed E-state index contributed by atoms with van der Waals surface area (Å²) in [6.07, 6.45) is -2.46.